The molecule has 1 aliphatic carbocycles. The second-order valence-electron chi connectivity index (χ2n) is 6.70. The number of nitrogens with zero attached hydrogens (tertiary/aromatic N) is 5. The molecule has 1 amide bonds. The van der Waals surface area contributed by atoms with Crippen molar-refractivity contribution >= 4 is 11.7 Å². The third-order valence-corrected chi connectivity index (χ3v) is 4.79. The van der Waals surface area contributed by atoms with Crippen molar-refractivity contribution < 1.29 is 9.53 Å². The summed E-state index contributed by atoms with van der Waals surface area (Å²) >= 11 is 0. The van der Waals surface area contributed by atoms with Crippen molar-refractivity contribution in [3.05, 3.63) is 30.6 Å². The number of anilines is 1. The van der Waals surface area contributed by atoms with Gasteiger partial charge < -0.3 is 19.5 Å². The number of amides is 1. The molecule has 2 aromatic rings. The summed E-state index contributed by atoms with van der Waals surface area (Å²) in [6.45, 7) is 2.05. The lowest BCUT2D eigenvalue weighted by Crippen LogP contribution is -2.42. The Kier molecular flexibility index (Phi) is 4.25. The molecule has 8 heteroatoms. The Balaban J connectivity index is 1.47. The Bertz CT molecular complexity index is 757. The highest BCUT2D eigenvalue weighted by Crippen LogP contribution is 2.32. The summed E-state index contributed by atoms with van der Waals surface area (Å²) in [6.07, 6.45) is 8.23. The summed E-state index contributed by atoms with van der Waals surface area (Å²) in [6, 6.07) is 1.95. The monoisotopic (exact) mass is 342 g/mol. The molecule has 1 fully saturated rings. The van der Waals surface area contributed by atoms with Crippen molar-refractivity contribution in [2.45, 2.75) is 31.8 Å². The van der Waals surface area contributed by atoms with Crippen molar-refractivity contribution in [1.29, 1.82) is 0 Å². The zero-order valence-electron chi connectivity index (χ0n) is 14.3. The van der Waals surface area contributed by atoms with Gasteiger partial charge in [-0.25, -0.2) is 15.0 Å². The normalized spacial score (nSPS) is 19.4. The van der Waals surface area contributed by atoms with Crippen LogP contribution in [0, 0.1) is 5.92 Å². The summed E-state index contributed by atoms with van der Waals surface area (Å²) in [5.74, 6) is 2.09. The van der Waals surface area contributed by atoms with E-state index in [9.17, 15) is 4.79 Å². The minimum Gasteiger partial charge on any atom is -0.481 e. The van der Waals surface area contributed by atoms with Gasteiger partial charge in [-0.1, -0.05) is 0 Å². The van der Waals surface area contributed by atoms with Gasteiger partial charge in [-0.2, -0.15) is 0 Å². The molecule has 25 heavy (non-hydrogen) atoms. The number of ether oxygens (including phenoxy) is 1. The third kappa shape index (κ3) is 3.57. The second kappa shape index (κ2) is 6.70. The van der Waals surface area contributed by atoms with Crippen LogP contribution in [0.15, 0.2) is 24.9 Å². The van der Waals surface area contributed by atoms with Gasteiger partial charge in [-0.3, -0.25) is 4.79 Å². The van der Waals surface area contributed by atoms with E-state index in [-0.39, 0.29) is 11.9 Å². The fourth-order valence-electron chi connectivity index (χ4n) is 3.23. The van der Waals surface area contributed by atoms with Gasteiger partial charge in [0.15, 0.2) is 0 Å². The molecule has 2 aliphatic rings. The number of carbonyl (C=O) groups is 1. The van der Waals surface area contributed by atoms with Crippen molar-refractivity contribution in [3.8, 4) is 5.88 Å². The number of hydrogen-bond acceptors (Lipinski definition) is 6. The van der Waals surface area contributed by atoms with Gasteiger partial charge in [-0.15, -0.1) is 0 Å². The average Bonchev–Trinajstić information content (AvgIpc) is 3.32. The fourth-order valence-corrected chi connectivity index (χ4v) is 3.23. The highest BCUT2D eigenvalue weighted by molar-refractivity contribution is 5.76. The Labute approximate surface area is 146 Å². The number of imidazole rings is 1. The number of nitrogens with one attached hydrogen (secondary N) is 1. The van der Waals surface area contributed by atoms with Crippen molar-refractivity contribution in [2.75, 3.05) is 25.1 Å². The van der Waals surface area contributed by atoms with Crippen molar-refractivity contribution in [1.82, 2.24) is 24.8 Å². The number of hydrogen-bond donors (Lipinski definition) is 1. The van der Waals surface area contributed by atoms with Crippen molar-refractivity contribution in [2.24, 2.45) is 5.92 Å². The van der Waals surface area contributed by atoms with Crippen LogP contribution >= 0.6 is 0 Å². The Hall–Kier alpha value is -2.64. The van der Waals surface area contributed by atoms with Crippen LogP contribution in [0.3, 0.4) is 0 Å². The summed E-state index contributed by atoms with van der Waals surface area (Å²) in [4.78, 5) is 26.9. The third-order valence-electron chi connectivity index (χ3n) is 4.79. The molecule has 0 radical (unpaired) electrons. The Morgan fingerprint density at radius 1 is 1.40 bits per heavy atom. The van der Waals surface area contributed by atoms with Crippen molar-refractivity contribution in [3.63, 3.8) is 0 Å². The molecule has 0 saturated heterocycles. The predicted molar refractivity (Wildman–Crippen MR) is 91.2 cm³/mol. The van der Waals surface area contributed by atoms with Gasteiger partial charge >= 0.3 is 0 Å². The lowest BCUT2D eigenvalue weighted by molar-refractivity contribution is -0.121. The molecular weight excluding hydrogens is 320 g/mol. The molecule has 132 valence electrons. The number of methoxy groups -OCH3 is 1. The molecule has 2 aromatic heterocycles. The zero-order valence-corrected chi connectivity index (χ0v) is 14.3. The summed E-state index contributed by atoms with van der Waals surface area (Å²) in [5.41, 5.74) is 1.10. The Morgan fingerprint density at radius 2 is 2.28 bits per heavy atom. The molecule has 1 saturated carbocycles. The second-order valence-corrected chi connectivity index (χ2v) is 6.70. The van der Waals surface area contributed by atoms with Crippen LogP contribution in [0.4, 0.5) is 5.82 Å². The smallest absolute Gasteiger partial charge is 0.220 e. The molecule has 3 heterocycles. The minimum atomic E-state index is 0.121. The molecule has 0 bridgehead atoms. The maximum absolute atomic E-state index is 12.0. The van der Waals surface area contributed by atoms with Gasteiger partial charge in [0.2, 0.25) is 11.8 Å². The van der Waals surface area contributed by atoms with E-state index < -0.39 is 0 Å². The molecule has 1 aliphatic heterocycles. The quantitative estimate of drug-likeness (QED) is 0.848. The van der Waals surface area contributed by atoms with Crippen LogP contribution in [-0.2, 0) is 11.3 Å². The average molecular weight is 342 g/mol. The SMILES string of the molecule is COc1cc(N2Cc3cncn3[C@H](CNC(=O)CC3CC3)C2)ncn1. The summed E-state index contributed by atoms with van der Waals surface area (Å²) in [5, 5.41) is 3.08. The predicted octanol–water partition coefficient (Wildman–Crippen LogP) is 1.16. The van der Waals surface area contributed by atoms with Crippen LogP contribution in [0.5, 0.6) is 5.88 Å². The van der Waals surface area contributed by atoms with E-state index in [1.54, 1.807) is 7.11 Å². The maximum Gasteiger partial charge on any atom is 0.220 e. The number of aromatic nitrogens is 4. The Morgan fingerprint density at radius 3 is 3.08 bits per heavy atom. The molecule has 0 spiro atoms. The summed E-state index contributed by atoms with van der Waals surface area (Å²) in [7, 11) is 1.59. The van der Waals surface area contributed by atoms with E-state index in [1.165, 1.54) is 19.2 Å². The highest BCUT2D eigenvalue weighted by atomic mass is 16.5. The first-order valence-electron chi connectivity index (χ1n) is 8.61. The topological polar surface area (TPSA) is 85.2 Å². The van der Waals surface area contributed by atoms with Crippen LogP contribution in [0.25, 0.3) is 0 Å². The number of fused-ring (bicyclic) bond motifs is 1. The zero-order chi connectivity index (χ0) is 17.2. The number of rotatable bonds is 6. The van der Waals surface area contributed by atoms with E-state index in [2.05, 4.69) is 29.7 Å². The first kappa shape index (κ1) is 15.9. The molecule has 0 aromatic carbocycles. The van der Waals surface area contributed by atoms with Gasteiger partial charge in [0.05, 0.1) is 31.7 Å². The maximum atomic E-state index is 12.0. The van der Waals surface area contributed by atoms with E-state index in [0.717, 1.165) is 18.1 Å². The van der Waals surface area contributed by atoms with Crippen LogP contribution in [0.2, 0.25) is 0 Å². The molecular formula is C17H22N6O2. The van der Waals surface area contributed by atoms with Gasteiger partial charge in [-0.05, 0) is 18.8 Å². The van der Waals surface area contributed by atoms with E-state index in [1.807, 2.05) is 18.6 Å². The molecule has 1 N–H and O–H groups in total. The van der Waals surface area contributed by atoms with Gasteiger partial charge in [0.25, 0.3) is 0 Å². The summed E-state index contributed by atoms with van der Waals surface area (Å²) < 4.78 is 7.34. The minimum absolute atomic E-state index is 0.121. The van der Waals surface area contributed by atoms with Crippen LogP contribution < -0.4 is 15.0 Å². The van der Waals surface area contributed by atoms with Crippen LogP contribution in [-0.4, -0.2) is 45.6 Å². The van der Waals surface area contributed by atoms with Crippen LogP contribution in [0.1, 0.15) is 31.0 Å². The fraction of sp³-hybridized carbons (Fsp3) is 0.529. The standard InChI is InChI=1S/C17H22N6O2/c1-25-17-5-15(20-10-21-17)22-8-13-6-18-11-23(13)14(9-22)7-19-16(24)4-12-2-3-12/h5-6,10-12,14H,2-4,7-9H2,1H3,(H,19,24)/t14-/m1/s1. The molecule has 0 unspecified atom stereocenters. The molecule has 8 nitrogen and oxygen atoms in total. The van der Waals surface area contributed by atoms with E-state index >= 15 is 0 Å². The van der Waals surface area contributed by atoms with Gasteiger partial charge in [0.1, 0.15) is 12.1 Å². The van der Waals surface area contributed by atoms with Gasteiger partial charge in [0, 0.05) is 31.8 Å². The molecule has 4 rings (SSSR count). The van der Waals surface area contributed by atoms with E-state index in [0.29, 0.717) is 31.3 Å². The number of carbonyl (C=O) groups excluding carboxylic acids is 1. The largest absolute Gasteiger partial charge is 0.481 e. The van der Waals surface area contributed by atoms with E-state index in [4.69, 9.17) is 4.74 Å². The lowest BCUT2D eigenvalue weighted by Gasteiger charge is -2.35. The first-order chi connectivity index (χ1) is 12.2. The first-order valence-corrected chi connectivity index (χ1v) is 8.61. The lowest BCUT2D eigenvalue weighted by atomic mass is 10.1. The molecule has 1 atom stereocenters. The highest BCUT2D eigenvalue weighted by Gasteiger charge is 2.28.